The Labute approximate surface area is 251 Å². The van der Waals surface area contributed by atoms with Crippen molar-refractivity contribution in [2.24, 2.45) is 11.8 Å². The monoisotopic (exact) mass is 594 g/mol. The molecule has 3 rings (SSSR count). The van der Waals surface area contributed by atoms with Crippen LogP contribution in [0, 0.1) is 11.8 Å². The maximum Gasteiger partial charge on any atom is 0.340 e. The summed E-state index contributed by atoms with van der Waals surface area (Å²) in [6, 6.07) is 7.64. The number of alkyl halides is 2. The predicted octanol–water partition coefficient (Wildman–Crippen LogP) is 8.49. The lowest BCUT2D eigenvalue weighted by atomic mass is 9.88. The van der Waals surface area contributed by atoms with Gasteiger partial charge in [-0.05, 0) is 113 Å². The summed E-state index contributed by atoms with van der Waals surface area (Å²) >= 11 is 0. The Morgan fingerprint density at radius 1 is 0.643 bits per heavy atom. The van der Waals surface area contributed by atoms with Crippen molar-refractivity contribution in [3.63, 3.8) is 0 Å². The number of esters is 2. The number of benzene rings is 1. The van der Waals surface area contributed by atoms with E-state index in [1.807, 2.05) is 24.3 Å². The lowest BCUT2D eigenvalue weighted by Gasteiger charge is -2.29. The van der Waals surface area contributed by atoms with Crippen LogP contribution in [0.1, 0.15) is 117 Å². The Hall–Kier alpha value is -2.38. The average molecular weight is 595 g/mol. The molecule has 0 N–H and O–H groups in total. The molecule has 0 amide bonds. The van der Waals surface area contributed by atoms with Gasteiger partial charge in [0.25, 0.3) is 0 Å². The van der Waals surface area contributed by atoms with Crippen molar-refractivity contribution < 1.29 is 37.3 Å². The van der Waals surface area contributed by atoms with E-state index in [-0.39, 0.29) is 25.0 Å². The molecular formula is C34H52F2O6. The van der Waals surface area contributed by atoms with Gasteiger partial charge in [-0.15, -0.1) is 0 Å². The van der Waals surface area contributed by atoms with Crippen molar-refractivity contribution in [3.05, 3.63) is 24.3 Å². The minimum absolute atomic E-state index is 0.192. The average Bonchev–Trinajstić information content (AvgIpc) is 3.01. The number of halogens is 2. The Morgan fingerprint density at radius 3 is 1.33 bits per heavy atom. The molecule has 238 valence electrons. The summed E-state index contributed by atoms with van der Waals surface area (Å²) in [6.45, 7) is 5.30. The van der Waals surface area contributed by atoms with Crippen molar-refractivity contribution >= 4 is 11.9 Å². The summed E-state index contributed by atoms with van der Waals surface area (Å²) in [7, 11) is 0. The first-order valence-corrected chi connectivity index (χ1v) is 16.4. The molecule has 0 bridgehead atoms. The molecule has 0 heterocycles. The van der Waals surface area contributed by atoms with E-state index in [1.54, 1.807) is 0 Å². The second-order valence-electron chi connectivity index (χ2n) is 12.2. The number of rotatable bonds is 18. The van der Waals surface area contributed by atoms with Gasteiger partial charge < -0.3 is 18.9 Å². The number of ether oxygens (including phenoxy) is 4. The molecule has 0 aliphatic heterocycles. The number of hydrogen-bond donors (Lipinski definition) is 0. The van der Waals surface area contributed by atoms with Gasteiger partial charge in [-0.1, -0.05) is 39.5 Å². The molecule has 2 atom stereocenters. The van der Waals surface area contributed by atoms with Crippen LogP contribution in [0.15, 0.2) is 24.3 Å². The topological polar surface area (TPSA) is 71.1 Å². The van der Waals surface area contributed by atoms with E-state index in [0.717, 1.165) is 88.5 Å². The molecule has 0 unspecified atom stereocenters. The summed E-state index contributed by atoms with van der Waals surface area (Å²) in [5.41, 5.74) is 0. The van der Waals surface area contributed by atoms with Gasteiger partial charge in [0.1, 0.15) is 23.7 Å². The highest BCUT2D eigenvalue weighted by Crippen LogP contribution is 2.30. The molecule has 2 aliphatic rings. The van der Waals surface area contributed by atoms with Crippen LogP contribution in [0.5, 0.6) is 11.5 Å². The van der Waals surface area contributed by atoms with E-state index in [1.165, 1.54) is 0 Å². The fourth-order valence-corrected chi connectivity index (χ4v) is 5.75. The molecule has 0 saturated heterocycles. The molecule has 8 heteroatoms. The summed E-state index contributed by atoms with van der Waals surface area (Å²) in [5.74, 6) is 0.927. The van der Waals surface area contributed by atoms with Crippen molar-refractivity contribution in [1.82, 2.24) is 0 Å². The second kappa shape index (κ2) is 19.0. The molecule has 2 saturated carbocycles. The van der Waals surface area contributed by atoms with Gasteiger partial charge in [0, 0.05) is 0 Å². The third-order valence-corrected chi connectivity index (χ3v) is 8.58. The van der Waals surface area contributed by atoms with Crippen LogP contribution in [0.25, 0.3) is 0 Å². The van der Waals surface area contributed by atoms with E-state index in [9.17, 15) is 18.4 Å². The molecule has 0 spiro atoms. The van der Waals surface area contributed by atoms with Gasteiger partial charge in [0.05, 0.1) is 13.2 Å². The number of carbonyl (C=O) groups excluding carboxylic acids is 2. The molecule has 1 aromatic rings. The van der Waals surface area contributed by atoms with Crippen LogP contribution >= 0.6 is 0 Å². The molecule has 42 heavy (non-hydrogen) atoms. The quantitative estimate of drug-likeness (QED) is 0.125. The van der Waals surface area contributed by atoms with Crippen LogP contribution in [-0.4, -0.2) is 49.7 Å². The zero-order valence-corrected chi connectivity index (χ0v) is 25.7. The fraction of sp³-hybridized carbons (Fsp3) is 0.765. The molecular weight excluding hydrogens is 542 g/mol. The van der Waals surface area contributed by atoms with Crippen LogP contribution in [0.2, 0.25) is 0 Å². The highest BCUT2D eigenvalue weighted by atomic mass is 19.1. The minimum Gasteiger partial charge on any atom is -0.493 e. The fourth-order valence-electron chi connectivity index (χ4n) is 5.75. The van der Waals surface area contributed by atoms with E-state index in [0.29, 0.717) is 37.9 Å². The maximum absolute atomic E-state index is 14.0. The zero-order chi connectivity index (χ0) is 30.2. The van der Waals surface area contributed by atoms with Crippen molar-refractivity contribution in [2.75, 3.05) is 13.2 Å². The minimum atomic E-state index is -1.51. The van der Waals surface area contributed by atoms with Gasteiger partial charge in [-0.25, -0.2) is 18.4 Å². The molecule has 6 nitrogen and oxygen atoms in total. The molecule has 0 radical (unpaired) electrons. The van der Waals surface area contributed by atoms with Crippen LogP contribution < -0.4 is 9.47 Å². The predicted molar refractivity (Wildman–Crippen MR) is 159 cm³/mol. The van der Waals surface area contributed by atoms with Gasteiger partial charge in [0.15, 0.2) is 12.3 Å². The molecule has 2 fully saturated rings. The normalized spacial score (nSPS) is 23.9. The number of unbranched alkanes of at least 4 members (excludes halogenated alkanes) is 4. The highest BCUT2D eigenvalue weighted by molar-refractivity contribution is 5.75. The SMILES string of the molecule is CCCCC[C@@H](F)C(=O)OC1CCC(COc2ccc(OCC3CCC(OC(=O)[C@H](F)CCCCC)CC3)cc2)CC1. The number of carbonyl (C=O) groups is 2. The summed E-state index contributed by atoms with van der Waals surface area (Å²) in [4.78, 5) is 24.0. The van der Waals surface area contributed by atoms with Crippen molar-refractivity contribution in [3.8, 4) is 11.5 Å². The molecule has 0 aromatic heterocycles. The van der Waals surface area contributed by atoms with Crippen molar-refractivity contribution in [1.29, 1.82) is 0 Å². The van der Waals surface area contributed by atoms with Gasteiger partial charge in [0.2, 0.25) is 0 Å². The van der Waals surface area contributed by atoms with Crippen LogP contribution in [0.4, 0.5) is 8.78 Å². The smallest absolute Gasteiger partial charge is 0.340 e. The standard InChI is InChI=1S/C34H52F2O6/c1-3-5-7-9-31(35)33(37)41-29-15-11-25(12-16-29)23-39-27-19-21-28(22-20-27)40-24-26-13-17-30(18-14-26)42-34(38)32(36)10-8-6-4-2/h19-22,25-26,29-32H,3-18,23-24H2,1-2H3/t25?,26?,29?,30?,31-,32-/m1/s1. The Balaban J connectivity index is 1.26. The van der Waals surface area contributed by atoms with Crippen molar-refractivity contribution in [2.45, 2.75) is 141 Å². The Kier molecular flexibility index (Phi) is 15.4. The first-order chi connectivity index (χ1) is 20.4. The third-order valence-electron chi connectivity index (χ3n) is 8.58. The molecule has 1 aromatic carbocycles. The lowest BCUT2D eigenvalue weighted by molar-refractivity contribution is -0.158. The Bertz CT molecular complexity index is 821. The summed E-state index contributed by atoms with van der Waals surface area (Å²) in [6.07, 6.45) is 8.93. The first-order valence-electron chi connectivity index (χ1n) is 16.4. The van der Waals surface area contributed by atoms with Crippen LogP contribution in [0.3, 0.4) is 0 Å². The lowest BCUT2D eigenvalue weighted by Crippen LogP contribution is -2.30. The summed E-state index contributed by atoms with van der Waals surface area (Å²) < 4.78 is 50.9. The van der Waals surface area contributed by atoms with Gasteiger partial charge in [-0.3, -0.25) is 0 Å². The molecule has 2 aliphatic carbocycles. The highest BCUT2D eigenvalue weighted by Gasteiger charge is 2.29. The Morgan fingerprint density at radius 2 is 1.00 bits per heavy atom. The van der Waals surface area contributed by atoms with E-state index < -0.39 is 24.3 Å². The summed E-state index contributed by atoms with van der Waals surface area (Å²) in [5, 5.41) is 0. The van der Waals surface area contributed by atoms with Crippen LogP contribution in [-0.2, 0) is 19.1 Å². The van der Waals surface area contributed by atoms with E-state index in [2.05, 4.69) is 13.8 Å². The third kappa shape index (κ3) is 12.5. The number of hydrogen-bond acceptors (Lipinski definition) is 6. The van der Waals surface area contributed by atoms with E-state index in [4.69, 9.17) is 18.9 Å². The first kappa shape index (κ1) is 34.1. The van der Waals surface area contributed by atoms with Gasteiger partial charge >= 0.3 is 11.9 Å². The van der Waals surface area contributed by atoms with Gasteiger partial charge in [-0.2, -0.15) is 0 Å². The maximum atomic E-state index is 14.0. The zero-order valence-electron chi connectivity index (χ0n) is 25.7. The largest absolute Gasteiger partial charge is 0.493 e. The van der Waals surface area contributed by atoms with E-state index >= 15 is 0 Å². The second-order valence-corrected chi connectivity index (χ2v) is 12.2.